The first kappa shape index (κ1) is 18.7. The third-order valence-corrected chi connectivity index (χ3v) is 6.08. The highest BCUT2D eigenvalue weighted by Gasteiger charge is 2.14. The van der Waals surface area contributed by atoms with Crippen molar-refractivity contribution in [3.63, 3.8) is 0 Å². The quantitative estimate of drug-likeness (QED) is 0.446. The van der Waals surface area contributed by atoms with Gasteiger partial charge >= 0.3 is 0 Å². The predicted octanol–water partition coefficient (Wildman–Crippen LogP) is 3.37. The van der Waals surface area contributed by atoms with E-state index in [2.05, 4.69) is 26.6 Å². The number of benzene rings is 1. The SMILES string of the molecule is CC(Cc1nc2ccccc2s1)NC(=O)CSc1nncn1Cc1ccco1. The lowest BCUT2D eigenvalue weighted by Gasteiger charge is -2.12. The van der Waals surface area contributed by atoms with Crippen LogP contribution in [0.3, 0.4) is 0 Å². The van der Waals surface area contributed by atoms with Crippen molar-refractivity contribution in [1.82, 2.24) is 25.1 Å². The highest BCUT2D eigenvalue weighted by molar-refractivity contribution is 7.99. The fourth-order valence-electron chi connectivity index (χ4n) is 2.80. The Kier molecular flexibility index (Phi) is 5.73. The Balaban J connectivity index is 1.28. The van der Waals surface area contributed by atoms with Gasteiger partial charge in [0.05, 0.1) is 33.8 Å². The number of nitrogens with zero attached hydrogens (tertiary/aromatic N) is 4. The van der Waals surface area contributed by atoms with Gasteiger partial charge in [0.1, 0.15) is 12.1 Å². The van der Waals surface area contributed by atoms with Gasteiger partial charge in [-0.3, -0.25) is 4.79 Å². The summed E-state index contributed by atoms with van der Waals surface area (Å²) >= 11 is 3.03. The van der Waals surface area contributed by atoms with Gasteiger partial charge in [0, 0.05) is 12.5 Å². The standard InChI is InChI=1S/C19H19N5O2S2/c1-13(9-18-22-15-6-2-3-7-16(15)28-18)21-17(25)11-27-19-23-20-12-24(19)10-14-5-4-8-26-14/h2-8,12-13H,9-11H2,1H3,(H,21,25). The van der Waals surface area contributed by atoms with E-state index in [0.717, 1.165) is 16.3 Å². The highest BCUT2D eigenvalue weighted by Crippen LogP contribution is 2.22. The molecule has 1 N–H and O–H groups in total. The van der Waals surface area contributed by atoms with E-state index in [1.807, 2.05) is 41.8 Å². The molecule has 7 nitrogen and oxygen atoms in total. The number of hydrogen-bond acceptors (Lipinski definition) is 7. The molecule has 28 heavy (non-hydrogen) atoms. The van der Waals surface area contributed by atoms with Gasteiger partial charge in [-0.05, 0) is 31.2 Å². The van der Waals surface area contributed by atoms with E-state index in [0.29, 0.717) is 18.1 Å². The van der Waals surface area contributed by atoms with Gasteiger partial charge in [-0.15, -0.1) is 21.5 Å². The molecule has 9 heteroatoms. The van der Waals surface area contributed by atoms with Gasteiger partial charge in [0.15, 0.2) is 5.16 Å². The van der Waals surface area contributed by atoms with E-state index in [-0.39, 0.29) is 17.7 Å². The minimum Gasteiger partial charge on any atom is -0.467 e. The molecule has 0 fully saturated rings. The molecule has 4 rings (SSSR count). The van der Waals surface area contributed by atoms with Crippen LogP contribution >= 0.6 is 23.1 Å². The third-order valence-electron chi connectivity index (χ3n) is 4.05. The average molecular weight is 414 g/mol. The number of furan rings is 1. The molecule has 0 saturated heterocycles. The van der Waals surface area contributed by atoms with Crippen LogP contribution in [0.4, 0.5) is 0 Å². The number of aromatic nitrogens is 4. The Bertz CT molecular complexity index is 1020. The molecule has 1 unspecified atom stereocenters. The molecule has 4 aromatic rings. The second kappa shape index (κ2) is 8.57. The smallest absolute Gasteiger partial charge is 0.230 e. The van der Waals surface area contributed by atoms with Crippen LogP contribution in [0.15, 0.2) is 58.6 Å². The zero-order chi connectivity index (χ0) is 19.3. The first-order valence-electron chi connectivity index (χ1n) is 8.84. The molecule has 0 aliphatic carbocycles. The average Bonchev–Trinajstić information content (AvgIpc) is 3.40. The zero-order valence-electron chi connectivity index (χ0n) is 15.2. The molecule has 144 valence electrons. The highest BCUT2D eigenvalue weighted by atomic mass is 32.2. The molecular weight excluding hydrogens is 394 g/mol. The fraction of sp³-hybridized carbons (Fsp3) is 0.263. The van der Waals surface area contributed by atoms with Crippen molar-refractivity contribution in [2.24, 2.45) is 0 Å². The normalized spacial score (nSPS) is 12.3. The minimum atomic E-state index is -0.0360. The number of rotatable bonds is 8. The Morgan fingerprint density at radius 2 is 2.21 bits per heavy atom. The van der Waals surface area contributed by atoms with Crippen LogP contribution in [0.2, 0.25) is 0 Å². The lowest BCUT2D eigenvalue weighted by Crippen LogP contribution is -2.35. The molecule has 0 spiro atoms. The molecule has 0 aliphatic rings. The summed E-state index contributed by atoms with van der Waals surface area (Å²) in [5, 5.41) is 12.8. The summed E-state index contributed by atoms with van der Waals surface area (Å²) in [6, 6.07) is 11.8. The monoisotopic (exact) mass is 413 g/mol. The lowest BCUT2D eigenvalue weighted by molar-refractivity contribution is -0.119. The van der Waals surface area contributed by atoms with Gasteiger partial charge in [-0.25, -0.2) is 4.98 Å². The first-order valence-corrected chi connectivity index (χ1v) is 10.6. The van der Waals surface area contributed by atoms with Crippen molar-refractivity contribution < 1.29 is 9.21 Å². The van der Waals surface area contributed by atoms with Crippen molar-refractivity contribution in [2.45, 2.75) is 31.1 Å². The Labute approximate surface area is 170 Å². The van der Waals surface area contributed by atoms with E-state index in [9.17, 15) is 4.79 Å². The molecule has 0 radical (unpaired) electrons. The van der Waals surface area contributed by atoms with Crippen LogP contribution < -0.4 is 5.32 Å². The molecular formula is C19H19N5O2S2. The number of amides is 1. The number of nitrogens with one attached hydrogen (secondary N) is 1. The molecule has 0 aliphatic heterocycles. The van der Waals surface area contributed by atoms with E-state index in [1.165, 1.54) is 16.5 Å². The van der Waals surface area contributed by atoms with Crippen molar-refractivity contribution in [1.29, 1.82) is 0 Å². The minimum absolute atomic E-state index is 0.00894. The van der Waals surface area contributed by atoms with E-state index in [4.69, 9.17) is 4.42 Å². The van der Waals surface area contributed by atoms with Crippen LogP contribution in [0.5, 0.6) is 0 Å². The van der Waals surface area contributed by atoms with E-state index in [1.54, 1.807) is 23.9 Å². The Morgan fingerprint density at radius 3 is 3.04 bits per heavy atom. The summed E-state index contributed by atoms with van der Waals surface area (Å²) in [6.07, 6.45) is 3.98. The maximum absolute atomic E-state index is 12.3. The topological polar surface area (TPSA) is 85.8 Å². The van der Waals surface area contributed by atoms with Crippen LogP contribution in [-0.2, 0) is 17.8 Å². The third kappa shape index (κ3) is 4.60. The summed E-state index contributed by atoms with van der Waals surface area (Å²) in [4.78, 5) is 16.9. The number of fused-ring (bicyclic) bond motifs is 1. The lowest BCUT2D eigenvalue weighted by atomic mass is 10.2. The summed E-state index contributed by atoms with van der Waals surface area (Å²) in [6.45, 7) is 2.53. The summed E-state index contributed by atoms with van der Waals surface area (Å²) < 4.78 is 8.38. The van der Waals surface area contributed by atoms with Crippen LogP contribution in [0, 0.1) is 0 Å². The van der Waals surface area contributed by atoms with Crippen LogP contribution in [0.1, 0.15) is 17.7 Å². The maximum Gasteiger partial charge on any atom is 0.230 e. The van der Waals surface area contributed by atoms with Gasteiger partial charge in [-0.1, -0.05) is 23.9 Å². The van der Waals surface area contributed by atoms with E-state index >= 15 is 0 Å². The molecule has 3 aromatic heterocycles. The summed E-state index contributed by atoms with van der Waals surface area (Å²) in [5.74, 6) is 1.06. The first-order chi connectivity index (χ1) is 13.7. The number of thioether (sulfide) groups is 1. The van der Waals surface area contributed by atoms with Crippen LogP contribution in [0.25, 0.3) is 10.2 Å². The fourth-order valence-corrected chi connectivity index (χ4v) is 4.62. The summed E-state index contributed by atoms with van der Waals surface area (Å²) in [5.41, 5.74) is 1.01. The molecule has 1 amide bonds. The maximum atomic E-state index is 12.3. The van der Waals surface area contributed by atoms with Gasteiger partial charge < -0.3 is 14.3 Å². The molecule has 0 bridgehead atoms. The Hall–Kier alpha value is -2.65. The number of carbonyl (C=O) groups excluding carboxylic acids is 1. The molecule has 0 saturated carbocycles. The number of para-hydroxylation sites is 1. The molecule has 1 atom stereocenters. The van der Waals surface area contributed by atoms with E-state index < -0.39 is 0 Å². The summed E-state index contributed by atoms with van der Waals surface area (Å²) in [7, 11) is 0. The van der Waals surface area contributed by atoms with Crippen molar-refractivity contribution >= 4 is 39.2 Å². The Morgan fingerprint density at radius 1 is 1.32 bits per heavy atom. The van der Waals surface area contributed by atoms with Gasteiger partial charge in [-0.2, -0.15) is 0 Å². The zero-order valence-corrected chi connectivity index (χ0v) is 16.9. The second-order valence-corrected chi connectivity index (χ2v) is 8.42. The molecule has 1 aromatic carbocycles. The van der Waals surface area contributed by atoms with Gasteiger partial charge in [0.2, 0.25) is 5.91 Å². The molecule has 3 heterocycles. The van der Waals surface area contributed by atoms with Crippen molar-refractivity contribution in [3.8, 4) is 0 Å². The second-order valence-electron chi connectivity index (χ2n) is 6.36. The van der Waals surface area contributed by atoms with Gasteiger partial charge in [0.25, 0.3) is 0 Å². The van der Waals surface area contributed by atoms with Crippen molar-refractivity contribution in [3.05, 3.63) is 59.8 Å². The number of hydrogen-bond donors (Lipinski definition) is 1. The number of thiazole rings is 1. The van der Waals surface area contributed by atoms with Crippen LogP contribution in [-0.4, -0.2) is 37.5 Å². The predicted molar refractivity (Wildman–Crippen MR) is 109 cm³/mol. The van der Waals surface area contributed by atoms with Crippen molar-refractivity contribution in [2.75, 3.05) is 5.75 Å². The number of carbonyl (C=O) groups is 1. The largest absolute Gasteiger partial charge is 0.467 e.